The van der Waals surface area contributed by atoms with E-state index in [1.165, 1.54) is 5.56 Å². The molecule has 0 atom stereocenters. The molecule has 4 aromatic rings. The van der Waals surface area contributed by atoms with Crippen LogP contribution in [0.1, 0.15) is 5.56 Å². The maximum Gasteiger partial charge on any atom is 0.319 e. The van der Waals surface area contributed by atoms with Gasteiger partial charge >= 0.3 is 6.03 Å². The number of amides is 2. The first-order valence-corrected chi connectivity index (χ1v) is 10.4. The summed E-state index contributed by atoms with van der Waals surface area (Å²) in [7, 11) is 1.60. The SMILES string of the molecule is COc1ccc(NC(=O)NCCNc2nc(-c3ccc(C)cc3)nc3ccccc23)cc1. The Morgan fingerprint density at radius 3 is 2.41 bits per heavy atom. The van der Waals surface area contributed by atoms with Crippen LogP contribution in [-0.4, -0.2) is 36.2 Å². The van der Waals surface area contributed by atoms with Gasteiger partial charge in [-0.25, -0.2) is 14.8 Å². The third-order valence-electron chi connectivity index (χ3n) is 4.96. The fourth-order valence-electron chi connectivity index (χ4n) is 3.25. The highest BCUT2D eigenvalue weighted by atomic mass is 16.5. The Balaban J connectivity index is 1.40. The Kier molecular flexibility index (Phi) is 6.46. The first kappa shape index (κ1) is 21.1. The molecule has 0 aliphatic heterocycles. The van der Waals surface area contributed by atoms with Gasteiger partial charge < -0.3 is 20.7 Å². The second-order valence-corrected chi connectivity index (χ2v) is 7.32. The van der Waals surface area contributed by atoms with Gasteiger partial charge in [0, 0.05) is 29.7 Å². The number of nitrogens with one attached hydrogen (secondary N) is 3. The predicted octanol–water partition coefficient (Wildman–Crippen LogP) is 4.85. The standard InChI is InChI=1S/C25H25N5O2/c1-17-7-9-18(10-8-17)23-29-22-6-4-3-5-21(22)24(30-23)26-15-16-27-25(31)28-19-11-13-20(32-2)14-12-19/h3-14H,15-16H2,1-2H3,(H,26,29,30)(H2,27,28,31). The molecule has 0 saturated heterocycles. The minimum absolute atomic E-state index is 0.273. The Hall–Kier alpha value is -4.13. The van der Waals surface area contributed by atoms with Gasteiger partial charge in [0.15, 0.2) is 5.82 Å². The third-order valence-corrected chi connectivity index (χ3v) is 4.96. The molecule has 3 aromatic carbocycles. The molecule has 4 rings (SSSR count). The molecule has 0 saturated carbocycles. The molecule has 1 aromatic heterocycles. The fraction of sp³-hybridized carbons (Fsp3) is 0.160. The number of nitrogens with zero attached hydrogens (tertiary/aromatic N) is 2. The van der Waals surface area contributed by atoms with Crippen molar-refractivity contribution in [1.82, 2.24) is 15.3 Å². The van der Waals surface area contributed by atoms with Crippen molar-refractivity contribution >= 4 is 28.4 Å². The number of ether oxygens (including phenoxy) is 1. The van der Waals surface area contributed by atoms with Gasteiger partial charge in [-0.1, -0.05) is 42.0 Å². The number of hydrogen-bond acceptors (Lipinski definition) is 5. The van der Waals surface area contributed by atoms with Crippen LogP contribution in [-0.2, 0) is 0 Å². The summed E-state index contributed by atoms with van der Waals surface area (Å²) in [5, 5.41) is 9.91. The lowest BCUT2D eigenvalue weighted by Gasteiger charge is -2.12. The van der Waals surface area contributed by atoms with Crippen LogP contribution in [0.2, 0.25) is 0 Å². The number of aromatic nitrogens is 2. The van der Waals surface area contributed by atoms with E-state index in [1.807, 2.05) is 48.5 Å². The summed E-state index contributed by atoms with van der Waals surface area (Å²) in [6.45, 7) is 3.00. The van der Waals surface area contributed by atoms with E-state index >= 15 is 0 Å². The predicted molar refractivity (Wildman–Crippen MR) is 128 cm³/mol. The number of carbonyl (C=O) groups is 1. The van der Waals surface area contributed by atoms with Gasteiger partial charge in [0.25, 0.3) is 0 Å². The van der Waals surface area contributed by atoms with E-state index in [4.69, 9.17) is 14.7 Å². The maximum absolute atomic E-state index is 12.2. The van der Waals surface area contributed by atoms with Gasteiger partial charge in [0.1, 0.15) is 11.6 Å². The summed E-state index contributed by atoms with van der Waals surface area (Å²) in [5.74, 6) is 2.14. The quantitative estimate of drug-likeness (QED) is 0.367. The zero-order valence-electron chi connectivity index (χ0n) is 18.1. The zero-order valence-corrected chi connectivity index (χ0v) is 18.1. The molecule has 3 N–H and O–H groups in total. The van der Waals surface area contributed by atoms with Crippen LogP contribution in [0, 0.1) is 6.92 Å². The number of carbonyl (C=O) groups excluding carboxylic acids is 1. The Morgan fingerprint density at radius 1 is 0.906 bits per heavy atom. The first-order valence-electron chi connectivity index (χ1n) is 10.4. The van der Waals surface area contributed by atoms with Gasteiger partial charge in [-0.3, -0.25) is 0 Å². The molecule has 162 valence electrons. The van der Waals surface area contributed by atoms with E-state index < -0.39 is 0 Å². The van der Waals surface area contributed by atoms with Crippen molar-refractivity contribution in [3.8, 4) is 17.1 Å². The number of aryl methyl sites for hydroxylation is 1. The Labute approximate surface area is 186 Å². The van der Waals surface area contributed by atoms with Crippen LogP contribution >= 0.6 is 0 Å². The molecule has 7 nitrogen and oxygen atoms in total. The second-order valence-electron chi connectivity index (χ2n) is 7.32. The van der Waals surface area contributed by atoms with E-state index in [2.05, 4.69) is 22.9 Å². The van der Waals surface area contributed by atoms with E-state index in [-0.39, 0.29) is 6.03 Å². The number of anilines is 2. The number of para-hydroxylation sites is 1. The summed E-state index contributed by atoms with van der Waals surface area (Å²) in [4.78, 5) is 21.6. The fourth-order valence-corrected chi connectivity index (χ4v) is 3.25. The number of urea groups is 1. The second kappa shape index (κ2) is 9.78. The van der Waals surface area contributed by atoms with Crippen molar-refractivity contribution in [3.63, 3.8) is 0 Å². The van der Waals surface area contributed by atoms with Gasteiger partial charge in [0.05, 0.1) is 12.6 Å². The van der Waals surface area contributed by atoms with E-state index in [0.29, 0.717) is 24.6 Å². The topological polar surface area (TPSA) is 88.2 Å². The zero-order chi connectivity index (χ0) is 22.3. The van der Waals surface area contributed by atoms with E-state index in [0.717, 1.165) is 28.0 Å². The Bertz CT molecular complexity index is 1210. The first-order chi connectivity index (χ1) is 15.6. The smallest absolute Gasteiger partial charge is 0.319 e. The van der Waals surface area contributed by atoms with Gasteiger partial charge in [-0.15, -0.1) is 0 Å². The number of rotatable bonds is 7. The Morgan fingerprint density at radius 2 is 1.66 bits per heavy atom. The minimum atomic E-state index is -0.273. The van der Waals surface area contributed by atoms with Gasteiger partial charge in [0.2, 0.25) is 0 Å². The molecule has 0 aliphatic rings. The van der Waals surface area contributed by atoms with Crippen molar-refractivity contribution in [1.29, 1.82) is 0 Å². The van der Waals surface area contributed by atoms with Crippen molar-refractivity contribution in [2.24, 2.45) is 0 Å². The molecular weight excluding hydrogens is 402 g/mol. The van der Waals surface area contributed by atoms with E-state index in [1.54, 1.807) is 31.4 Å². The summed E-state index contributed by atoms with van der Waals surface area (Å²) in [6, 6.07) is 22.9. The van der Waals surface area contributed by atoms with Crippen molar-refractivity contribution in [2.75, 3.05) is 30.8 Å². The van der Waals surface area contributed by atoms with Crippen molar-refractivity contribution in [2.45, 2.75) is 6.92 Å². The summed E-state index contributed by atoms with van der Waals surface area (Å²) < 4.78 is 5.12. The molecule has 0 aliphatic carbocycles. The van der Waals surface area contributed by atoms with Crippen LogP contribution in [0.5, 0.6) is 5.75 Å². The molecule has 0 fully saturated rings. The monoisotopic (exact) mass is 427 g/mol. The third kappa shape index (κ3) is 5.13. The summed E-state index contributed by atoms with van der Waals surface area (Å²) in [6.07, 6.45) is 0. The number of fused-ring (bicyclic) bond motifs is 1. The molecule has 32 heavy (non-hydrogen) atoms. The van der Waals surface area contributed by atoms with E-state index in [9.17, 15) is 4.79 Å². The minimum Gasteiger partial charge on any atom is -0.497 e. The summed E-state index contributed by atoms with van der Waals surface area (Å²) >= 11 is 0. The molecule has 0 spiro atoms. The average molecular weight is 428 g/mol. The van der Waals surface area contributed by atoms with Gasteiger partial charge in [-0.2, -0.15) is 0 Å². The van der Waals surface area contributed by atoms with Crippen LogP contribution in [0.3, 0.4) is 0 Å². The summed E-state index contributed by atoms with van der Waals surface area (Å²) in [5.41, 5.74) is 3.71. The highest BCUT2D eigenvalue weighted by molar-refractivity contribution is 5.91. The lowest BCUT2D eigenvalue weighted by molar-refractivity contribution is 0.252. The average Bonchev–Trinajstić information content (AvgIpc) is 2.82. The number of hydrogen-bond donors (Lipinski definition) is 3. The maximum atomic E-state index is 12.2. The molecule has 2 amide bonds. The lowest BCUT2D eigenvalue weighted by atomic mass is 10.1. The number of benzene rings is 3. The molecule has 0 bridgehead atoms. The van der Waals surface area contributed by atoms with Crippen LogP contribution < -0.4 is 20.7 Å². The van der Waals surface area contributed by atoms with Crippen molar-refractivity contribution < 1.29 is 9.53 Å². The largest absolute Gasteiger partial charge is 0.497 e. The molecule has 0 unspecified atom stereocenters. The van der Waals surface area contributed by atoms with Crippen LogP contribution in [0.4, 0.5) is 16.3 Å². The highest BCUT2D eigenvalue weighted by Crippen LogP contribution is 2.25. The van der Waals surface area contributed by atoms with Crippen LogP contribution in [0.15, 0.2) is 72.8 Å². The molecule has 1 heterocycles. The normalized spacial score (nSPS) is 10.6. The molecule has 0 radical (unpaired) electrons. The highest BCUT2D eigenvalue weighted by Gasteiger charge is 2.09. The lowest BCUT2D eigenvalue weighted by Crippen LogP contribution is -2.32. The number of methoxy groups -OCH3 is 1. The van der Waals surface area contributed by atoms with Gasteiger partial charge in [-0.05, 0) is 43.3 Å². The van der Waals surface area contributed by atoms with Crippen LogP contribution in [0.25, 0.3) is 22.3 Å². The molecular formula is C25H25N5O2. The molecule has 7 heteroatoms. The van der Waals surface area contributed by atoms with Crippen molar-refractivity contribution in [3.05, 3.63) is 78.4 Å².